The lowest BCUT2D eigenvalue weighted by molar-refractivity contribution is 1.14. The number of alkyl halides is 1. The fourth-order valence-electron chi connectivity index (χ4n) is 1.69. The van der Waals surface area contributed by atoms with Crippen molar-refractivity contribution in [2.45, 2.75) is 5.38 Å². The van der Waals surface area contributed by atoms with Gasteiger partial charge in [0.2, 0.25) is 0 Å². The first-order valence-corrected chi connectivity index (χ1v) is 6.90. The van der Waals surface area contributed by atoms with Crippen LogP contribution in [0.1, 0.15) is 16.5 Å². The van der Waals surface area contributed by atoms with Gasteiger partial charge in [-0.2, -0.15) is 0 Å². The van der Waals surface area contributed by atoms with Crippen LogP contribution in [0.3, 0.4) is 0 Å². The van der Waals surface area contributed by atoms with Crippen molar-refractivity contribution in [3.63, 3.8) is 0 Å². The lowest BCUT2D eigenvalue weighted by atomic mass is 10.0. The molecule has 0 spiro atoms. The molecule has 0 heterocycles. The Morgan fingerprint density at radius 1 is 0.789 bits per heavy atom. The standard InChI is InChI=1S/C13H10Cl4N2/c14-9-3-6(18)1-2-7(9)13(17)8-4-11(16)12(19)5-10(8)15/h1-5,13H,18-19H2. The van der Waals surface area contributed by atoms with Crippen LogP contribution in [0.15, 0.2) is 30.3 Å². The van der Waals surface area contributed by atoms with Crippen LogP contribution in [0, 0.1) is 0 Å². The van der Waals surface area contributed by atoms with E-state index in [0.29, 0.717) is 37.6 Å². The summed E-state index contributed by atoms with van der Waals surface area (Å²) in [7, 11) is 0. The third-order valence-corrected chi connectivity index (χ3v) is 4.14. The highest BCUT2D eigenvalue weighted by Gasteiger charge is 2.18. The fourth-order valence-corrected chi connectivity index (χ4v) is 2.92. The van der Waals surface area contributed by atoms with Gasteiger partial charge in [0.1, 0.15) is 0 Å². The molecule has 0 saturated heterocycles. The molecule has 2 aromatic rings. The second-order valence-corrected chi connectivity index (χ2v) is 5.70. The van der Waals surface area contributed by atoms with E-state index in [0.717, 1.165) is 0 Å². The molecule has 0 radical (unpaired) electrons. The maximum absolute atomic E-state index is 6.41. The van der Waals surface area contributed by atoms with Gasteiger partial charge in [0, 0.05) is 15.7 Å². The molecule has 1 atom stereocenters. The van der Waals surface area contributed by atoms with Crippen LogP contribution in [-0.4, -0.2) is 0 Å². The largest absolute Gasteiger partial charge is 0.399 e. The molecule has 19 heavy (non-hydrogen) atoms. The molecule has 0 amide bonds. The Kier molecular flexibility index (Phi) is 4.36. The van der Waals surface area contributed by atoms with Crippen LogP contribution in [0.25, 0.3) is 0 Å². The highest BCUT2D eigenvalue weighted by Crippen LogP contribution is 2.40. The molecule has 2 nitrogen and oxygen atoms in total. The Morgan fingerprint density at radius 2 is 1.42 bits per heavy atom. The molecule has 6 heteroatoms. The van der Waals surface area contributed by atoms with Crippen molar-refractivity contribution in [3.05, 3.63) is 56.5 Å². The summed E-state index contributed by atoms with van der Waals surface area (Å²) in [6.45, 7) is 0. The van der Waals surface area contributed by atoms with E-state index in [9.17, 15) is 0 Å². The smallest absolute Gasteiger partial charge is 0.0864 e. The molecule has 0 aliphatic heterocycles. The topological polar surface area (TPSA) is 52.0 Å². The molecule has 2 aromatic carbocycles. The van der Waals surface area contributed by atoms with Crippen LogP contribution in [0.2, 0.25) is 15.1 Å². The Bertz CT molecular complexity index is 628. The SMILES string of the molecule is Nc1ccc(C(Cl)c2cc(Cl)c(N)cc2Cl)c(Cl)c1. The number of hydrogen-bond acceptors (Lipinski definition) is 2. The molecule has 0 aliphatic rings. The van der Waals surface area contributed by atoms with Crippen LogP contribution >= 0.6 is 46.4 Å². The highest BCUT2D eigenvalue weighted by atomic mass is 35.5. The maximum atomic E-state index is 6.41. The fraction of sp³-hybridized carbons (Fsp3) is 0.0769. The summed E-state index contributed by atoms with van der Waals surface area (Å²) in [6.07, 6.45) is 0. The van der Waals surface area contributed by atoms with Crippen LogP contribution in [0.5, 0.6) is 0 Å². The summed E-state index contributed by atoms with van der Waals surface area (Å²) in [5.74, 6) is 0. The average molecular weight is 336 g/mol. The Hall–Kier alpha value is -0.800. The number of hydrogen-bond donors (Lipinski definition) is 2. The predicted octanol–water partition coefficient (Wildman–Crippen LogP) is 5.14. The number of anilines is 2. The molecule has 100 valence electrons. The Labute approximate surface area is 131 Å². The van der Waals surface area contributed by atoms with Crippen molar-refractivity contribution >= 4 is 57.8 Å². The Morgan fingerprint density at radius 3 is 2.05 bits per heavy atom. The summed E-state index contributed by atoms with van der Waals surface area (Å²) in [6, 6.07) is 8.34. The molecule has 0 aliphatic carbocycles. The van der Waals surface area contributed by atoms with Gasteiger partial charge in [0.05, 0.1) is 16.1 Å². The first kappa shape index (κ1) is 14.6. The number of nitrogen functional groups attached to an aromatic ring is 2. The quantitative estimate of drug-likeness (QED) is 0.589. The molecule has 0 saturated carbocycles. The van der Waals surface area contributed by atoms with Crippen LogP contribution in [-0.2, 0) is 0 Å². The summed E-state index contributed by atoms with van der Waals surface area (Å²) >= 11 is 24.7. The second kappa shape index (κ2) is 5.68. The second-order valence-electron chi connectivity index (χ2n) is 4.04. The third-order valence-electron chi connectivity index (χ3n) is 2.69. The number of benzene rings is 2. The number of halogens is 4. The third kappa shape index (κ3) is 3.03. The molecule has 2 rings (SSSR count). The zero-order valence-corrected chi connectivity index (χ0v) is 12.7. The highest BCUT2D eigenvalue weighted by molar-refractivity contribution is 6.37. The summed E-state index contributed by atoms with van der Waals surface area (Å²) < 4.78 is 0. The van der Waals surface area contributed by atoms with Gasteiger partial charge in [-0.3, -0.25) is 0 Å². The average Bonchev–Trinajstić information content (AvgIpc) is 2.33. The van der Waals surface area contributed by atoms with Gasteiger partial charge < -0.3 is 11.5 Å². The van der Waals surface area contributed by atoms with Crippen molar-refractivity contribution in [2.75, 3.05) is 11.5 Å². The van der Waals surface area contributed by atoms with Gasteiger partial charge in [0.25, 0.3) is 0 Å². The van der Waals surface area contributed by atoms with Gasteiger partial charge in [-0.1, -0.05) is 40.9 Å². The van der Waals surface area contributed by atoms with E-state index in [1.807, 2.05) is 0 Å². The van der Waals surface area contributed by atoms with Crippen molar-refractivity contribution in [1.29, 1.82) is 0 Å². The van der Waals surface area contributed by atoms with Gasteiger partial charge in [-0.15, -0.1) is 11.6 Å². The normalized spacial score (nSPS) is 12.4. The molecule has 4 N–H and O–H groups in total. The molecular weight excluding hydrogens is 326 g/mol. The molecule has 0 bridgehead atoms. The van der Waals surface area contributed by atoms with Crippen molar-refractivity contribution in [3.8, 4) is 0 Å². The van der Waals surface area contributed by atoms with E-state index in [4.69, 9.17) is 57.9 Å². The van der Waals surface area contributed by atoms with Gasteiger partial charge in [-0.05, 0) is 35.4 Å². The van der Waals surface area contributed by atoms with Crippen molar-refractivity contribution in [1.82, 2.24) is 0 Å². The minimum atomic E-state index is -0.529. The van der Waals surface area contributed by atoms with Crippen LogP contribution in [0.4, 0.5) is 11.4 Å². The molecule has 0 fully saturated rings. The number of rotatable bonds is 2. The first-order valence-electron chi connectivity index (χ1n) is 5.33. The van der Waals surface area contributed by atoms with E-state index in [2.05, 4.69) is 0 Å². The van der Waals surface area contributed by atoms with E-state index < -0.39 is 5.38 Å². The van der Waals surface area contributed by atoms with E-state index in [1.54, 1.807) is 30.3 Å². The number of nitrogens with two attached hydrogens (primary N) is 2. The lowest BCUT2D eigenvalue weighted by Crippen LogP contribution is -1.98. The predicted molar refractivity (Wildman–Crippen MR) is 84.4 cm³/mol. The zero-order chi connectivity index (χ0) is 14.2. The van der Waals surface area contributed by atoms with E-state index in [1.165, 1.54) is 0 Å². The monoisotopic (exact) mass is 334 g/mol. The van der Waals surface area contributed by atoms with E-state index in [-0.39, 0.29) is 0 Å². The van der Waals surface area contributed by atoms with E-state index >= 15 is 0 Å². The molecule has 1 unspecified atom stereocenters. The lowest BCUT2D eigenvalue weighted by Gasteiger charge is -2.15. The van der Waals surface area contributed by atoms with Crippen molar-refractivity contribution in [2.24, 2.45) is 0 Å². The summed E-state index contributed by atoms with van der Waals surface area (Å²) in [4.78, 5) is 0. The Balaban J connectivity index is 2.49. The first-order chi connectivity index (χ1) is 8.90. The minimum absolute atomic E-state index is 0.400. The molecular formula is C13H10Cl4N2. The van der Waals surface area contributed by atoms with Crippen molar-refractivity contribution < 1.29 is 0 Å². The van der Waals surface area contributed by atoms with Gasteiger partial charge in [0.15, 0.2) is 0 Å². The van der Waals surface area contributed by atoms with Gasteiger partial charge in [-0.25, -0.2) is 0 Å². The van der Waals surface area contributed by atoms with Crippen LogP contribution < -0.4 is 11.5 Å². The minimum Gasteiger partial charge on any atom is -0.399 e. The maximum Gasteiger partial charge on any atom is 0.0864 e. The van der Waals surface area contributed by atoms with Gasteiger partial charge >= 0.3 is 0 Å². The summed E-state index contributed by atoms with van der Waals surface area (Å²) in [5.41, 5.74) is 13.7. The zero-order valence-electron chi connectivity index (χ0n) is 9.63. The summed E-state index contributed by atoms with van der Waals surface area (Å²) in [5, 5.41) is 0.786. The molecule has 0 aromatic heterocycles.